The Labute approximate surface area is 228 Å². The summed E-state index contributed by atoms with van der Waals surface area (Å²) in [5.41, 5.74) is 1.02. The molecule has 0 aliphatic heterocycles. The molecule has 2 amide bonds. The highest BCUT2D eigenvalue weighted by Gasteiger charge is 2.23. The largest absolute Gasteiger partial charge is 0.497 e. The molecule has 192 valence electrons. The second kappa shape index (κ2) is 13.8. The lowest BCUT2D eigenvalue weighted by Gasteiger charge is -2.19. The first-order chi connectivity index (χ1) is 17.4. The minimum Gasteiger partial charge on any atom is -0.497 e. The zero-order valence-electron chi connectivity index (χ0n) is 20.1. The summed E-state index contributed by atoms with van der Waals surface area (Å²) >= 11 is 15.0. The molecule has 3 rings (SSSR count). The van der Waals surface area contributed by atoms with E-state index in [0.29, 0.717) is 51.0 Å². The summed E-state index contributed by atoms with van der Waals surface area (Å²) in [4.78, 5) is 25.4. The zero-order chi connectivity index (χ0) is 26.1. The van der Waals surface area contributed by atoms with Crippen LogP contribution in [0.3, 0.4) is 0 Å². The van der Waals surface area contributed by atoms with Gasteiger partial charge in [0.2, 0.25) is 5.91 Å². The second-order valence-electron chi connectivity index (χ2n) is 7.58. The van der Waals surface area contributed by atoms with Crippen molar-refractivity contribution >= 4 is 64.2 Å². The van der Waals surface area contributed by atoms with Gasteiger partial charge in [-0.25, -0.2) is 0 Å². The van der Waals surface area contributed by atoms with Gasteiger partial charge in [-0.05, 0) is 67.8 Å². The van der Waals surface area contributed by atoms with E-state index in [4.69, 9.17) is 27.9 Å². The molecule has 0 unspecified atom stereocenters. The van der Waals surface area contributed by atoms with Gasteiger partial charge in [-0.15, -0.1) is 10.2 Å². The number of hydrogen-bond acceptors (Lipinski definition) is 7. The Morgan fingerprint density at radius 2 is 1.89 bits per heavy atom. The van der Waals surface area contributed by atoms with Crippen molar-refractivity contribution in [3.8, 4) is 5.75 Å². The average Bonchev–Trinajstić information content (AvgIpc) is 3.29. The maximum atomic E-state index is 12.9. The minimum atomic E-state index is -0.337. The topological polar surface area (TPSA) is 98.1 Å². The summed E-state index contributed by atoms with van der Waals surface area (Å²) < 4.78 is 7.09. The SMILES string of the molecule is CCn1c(SCC(=O)Nc2ccc(Cl)cc2Cl)nnc1[C@H](CCSC)NC(=O)c1ccc(OC)cc1. The van der Waals surface area contributed by atoms with Crippen molar-refractivity contribution < 1.29 is 14.3 Å². The highest BCUT2D eigenvalue weighted by molar-refractivity contribution is 7.99. The molecule has 0 spiro atoms. The molecule has 0 bridgehead atoms. The molecule has 0 radical (unpaired) electrons. The fraction of sp³-hybridized carbons (Fsp3) is 0.333. The lowest BCUT2D eigenvalue weighted by molar-refractivity contribution is -0.113. The number of benzene rings is 2. The van der Waals surface area contributed by atoms with Crippen LogP contribution in [0, 0.1) is 0 Å². The van der Waals surface area contributed by atoms with Crippen molar-refractivity contribution in [2.75, 3.05) is 30.2 Å². The van der Waals surface area contributed by atoms with E-state index >= 15 is 0 Å². The van der Waals surface area contributed by atoms with Crippen molar-refractivity contribution in [3.63, 3.8) is 0 Å². The first-order valence-corrected chi connectivity index (χ1v) is 14.2. The molecule has 0 fully saturated rings. The maximum Gasteiger partial charge on any atom is 0.251 e. The number of nitrogens with one attached hydrogen (secondary N) is 2. The van der Waals surface area contributed by atoms with Gasteiger partial charge < -0.3 is 19.9 Å². The molecule has 12 heteroatoms. The van der Waals surface area contributed by atoms with Crippen LogP contribution < -0.4 is 15.4 Å². The van der Waals surface area contributed by atoms with Gasteiger partial charge in [-0.1, -0.05) is 35.0 Å². The van der Waals surface area contributed by atoms with Gasteiger partial charge in [-0.2, -0.15) is 11.8 Å². The Hall–Kier alpha value is -2.40. The van der Waals surface area contributed by atoms with Crippen LogP contribution >= 0.6 is 46.7 Å². The Balaban J connectivity index is 1.71. The van der Waals surface area contributed by atoms with Crippen molar-refractivity contribution in [2.45, 2.75) is 31.1 Å². The molecule has 1 atom stereocenters. The third-order valence-electron chi connectivity index (χ3n) is 5.18. The zero-order valence-corrected chi connectivity index (χ0v) is 23.2. The highest BCUT2D eigenvalue weighted by atomic mass is 35.5. The summed E-state index contributed by atoms with van der Waals surface area (Å²) in [5.74, 6) is 1.84. The third-order valence-corrected chi connectivity index (χ3v) is 7.34. The van der Waals surface area contributed by atoms with Crippen LogP contribution in [0.5, 0.6) is 5.75 Å². The Morgan fingerprint density at radius 3 is 2.53 bits per heavy atom. The van der Waals surface area contributed by atoms with Crippen molar-refractivity contribution in [1.29, 1.82) is 0 Å². The molecule has 1 aromatic heterocycles. The standard InChI is InChI=1S/C24H27Cl2N5O3S2/c1-4-31-22(20(11-12-35-3)28-23(33)15-5-8-17(34-2)9-6-15)29-30-24(31)36-14-21(32)27-19-10-7-16(25)13-18(19)26/h5-10,13,20H,4,11-12,14H2,1-3H3,(H,27,32)(H,28,33)/t20-/m0/s1. The smallest absolute Gasteiger partial charge is 0.251 e. The first kappa shape index (κ1) is 28.2. The summed E-state index contributed by atoms with van der Waals surface area (Å²) in [5, 5.41) is 16.0. The Bertz CT molecular complexity index is 1190. The third kappa shape index (κ3) is 7.55. The van der Waals surface area contributed by atoms with Gasteiger partial charge in [-0.3, -0.25) is 9.59 Å². The number of carbonyl (C=O) groups excluding carboxylic acids is 2. The number of aromatic nitrogens is 3. The molecule has 0 saturated heterocycles. The van der Waals surface area contributed by atoms with Gasteiger partial charge in [0.25, 0.3) is 5.91 Å². The molecular weight excluding hydrogens is 541 g/mol. The number of anilines is 1. The summed E-state index contributed by atoms with van der Waals surface area (Å²) in [6, 6.07) is 11.5. The van der Waals surface area contributed by atoms with Crippen LogP contribution in [0.25, 0.3) is 0 Å². The fourth-order valence-electron chi connectivity index (χ4n) is 3.35. The Kier molecular flexibility index (Phi) is 10.8. The van der Waals surface area contributed by atoms with E-state index in [-0.39, 0.29) is 23.6 Å². The lowest BCUT2D eigenvalue weighted by atomic mass is 10.1. The van der Waals surface area contributed by atoms with E-state index < -0.39 is 0 Å². The Morgan fingerprint density at radius 1 is 1.14 bits per heavy atom. The van der Waals surface area contributed by atoms with Gasteiger partial charge in [0, 0.05) is 17.1 Å². The average molecular weight is 569 g/mol. The van der Waals surface area contributed by atoms with E-state index in [1.54, 1.807) is 61.3 Å². The van der Waals surface area contributed by atoms with Crippen LogP contribution in [-0.2, 0) is 11.3 Å². The van der Waals surface area contributed by atoms with Crippen molar-refractivity contribution in [2.24, 2.45) is 0 Å². The van der Waals surface area contributed by atoms with Crippen molar-refractivity contribution in [1.82, 2.24) is 20.1 Å². The minimum absolute atomic E-state index is 0.116. The number of halogens is 2. The molecule has 3 aromatic rings. The van der Waals surface area contributed by atoms with Crippen LogP contribution in [0.1, 0.15) is 35.6 Å². The second-order valence-corrected chi connectivity index (χ2v) is 10.4. The van der Waals surface area contributed by atoms with E-state index in [1.807, 2.05) is 17.7 Å². The fourth-order valence-corrected chi connectivity index (χ4v) is 5.09. The normalized spacial score (nSPS) is 11.7. The number of nitrogens with zero attached hydrogens (tertiary/aromatic N) is 3. The summed E-state index contributed by atoms with van der Waals surface area (Å²) in [6.45, 7) is 2.56. The van der Waals surface area contributed by atoms with Gasteiger partial charge in [0.15, 0.2) is 11.0 Å². The molecular formula is C24H27Cl2N5O3S2. The molecule has 0 aliphatic rings. The summed E-state index contributed by atoms with van der Waals surface area (Å²) in [7, 11) is 1.58. The van der Waals surface area contributed by atoms with Gasteiger partial charge in [0.1, 0.15) is 5.75 Å². The van der Waals surface area contributed by atoms with E-state index in [2.05, 4.69) is 20.8 Å². The van der Waals surface area contributed by atoms with E-state index in [1.165, 1.54) is 11.8 Å². The molecule has 2 aromatic carbocycles. The summed E-state index contributed by atoms with van der Waals surface area (Å²) in [6.07, 6.45) is 2.70. The quantitative estimate of drug-likeness (QED) is 0.276. The predicted molar refractivity (Wildman–Crippen MR) is 148 cm³/mol. The van der Waals surface area contributed by atoms with Crippen LogP contribution in [0.15, 0.2) is 47.6 Å². The van der Waals surface area contributed by atoms with Crippen LogP contribution in [0.2, 0.25) is 10.0 Å². The van der Waals surface area contributed by atoms with Crippen molar-refractivity contribution in [3.05, 3.63) is 63.9 Å². The van der Waals surface area contributed by atoms with E-state index in [9.17, 15) is 9.59 Å². The number of ether oxygens (including phenoxy) is 1. The number of hydrogen-bond donors (Lipinski definition) is 2. The number of thioether (sulfide) groups is 2. The van der Waals surface area contributed by atoms with Gasteiger partial charge in [0.05, 0.1) is 29.6 Å². The number of methoxy groups -OCH3 is 1. The molecule has 1 heterocycles. The molecule has 0 aliphatic carbocycles. The van der Waals surface area contributed by atoms with E-state index in [0.717, 1.165) is 5.75 Å². The maximum absolute atomic E-state index is 12.9. The number of amides is 2. The predicted octanol–water partition coefficient (Wildman–Crippen LogP) is 5.57. The van der Waals surface area contributed by atoms with Crippen LogP contribution in [0.4, 0.5) is 5.69 Å². The first-order valence-electron chi connectivity index (χ1n) is 11.1. The van der Waals surface area contributed by atoms with Gasteiger partial charge >= 0.3 is 0 Å². The molecule has 2 N–H and O–H groups in total. The number of rotatable bonds is 12. The molecule has 36 heavy (non-hydrogen) atoms. The monoisotopic (exact) mass is 567 g/mol. The number of carbonyl (C=O) groups is 2. The highest BCUT2D eigenvalue weighted by Crippen LogP contribution is 2.27. The van der Waals surface area contributed by atoms with Crippen LogP contribution in [-0.4, -0.2) is 51.5 Å². The molecule has 8 nitrogen and oxygen atoms in total. The lowest BCUT2D eigenvalue weighted by Crippen LogP contribution is -2.31. The molecule has 0 saturated carbocycles.